The van der Waals surface area contributed by atoms with Gasteiger partial charge in [-0.05, 0) is 31.4 Å². The lowest BCUT2D eigenvalue weighted by Gasteiger charge is -2.20. The van der Waals surface area contributed by atoms with Crippen molar-refractivity contribution in [3.05, 3.63) is 36.5 Å². The second kappa shape index (κ2) is 6.03. The van der Waals surface area contributed by atoms with Crippen molar-refractivity contribution >= 4 is 10.9 Å². The number of nitrogens with one attached hydrogen (secondary N) is 1. The predicted molar refractivity (Wildman–Crippen MR) is 74.9 cm³/mol. The van der Waals surface area contributed by atoms with Crippen molar-refractivity contribution in [1.29, 1.82) is 0 Å². The number of nitrogens with zero attached hydrogens (tertiary/aromatic N) is 1. The summed E-state index contributed by atoms with van der Waals surface area (Å²) < 4.78 is 2.14. The molecule has 0 unspecified atom stereocenters. The van der Waals surface area contributed by atoms with Crippen LogP contribution >= 0.6 is 0 Å². The van der Waals surface area contributed by atoms with Gasteiger partial charge in [-0.2, -0.15) is 0 Å². The van der Waals surface area contributed by atoms with Crippen LogP contribution in [0.15, 0.2) is 36.5 Å². The number of hydrogen-bond donors (Lipinski definition) is 2. The third-order valence-corrected chi connectivity index (χ3v) is 3.61. The van der Waals surface area contributed by atoms with Crippen LogP contribution in [0, 0.1) is 0 Å². The van der Waals surface area contributed by atoms with E-state index in [1.807, 2.05) is 12.1 Å². The molecule has 0 aliphatic heterocycles. The highest BCUT2D eigenvalue weighted by Gasteiger charge is 2.13. The number of fused-ring (bicyclic) bond motifs is 1. The van der Waals surface area contributed by atoms with Crippen LogP contribution in [0.2, 0.25) is 0 Å². The van der Waals surface area contributed by atoms with Crippen LogP contribution in [-0.2, 0) is 6.54 Å². The molecule has 0 saturated heterocycles. The number of para-hydroxylation sites is 1. The van der Waals surface area contributed by atoms with Gasteiger partial charge in [0.15, 0.2) is 0 Å². The zero-order valence-electron chi connectivity index (χ0n) is 11.3. The Labute approximate surface area is 109 Å². The summed E-state index contributed by atoms with van der Waals surface area (Å²) in [6, 6.07) is 10.4. The smallest absolute Gasteiger partial charge is 0.121 e. The number of rotatable bonds is 6. The van der Waals surface area contributed by atoms with Crippen molar-refractivity contribution in [1.82, 2.24) is 4.57 Å². The second-order valence-electron chi connectivity index (χ2n) is 4.84. The zero-order valence-corrected chi connectivity index (χ0v) is 11.3. The molecule has 3 nitrogen and oxygen atoms in total. The number of aliphatic hydroxyl groups is 1. The van der Waals surface area contributed by atoms with Gasteiger partial charge >= 0.3 is 0 Å². The number of benzene rings is 1. The van der Waals surface area contributed by atoms with Gasteiger partial charge in [0.2, 0.25) is 0 Å². The third kappa shape index (κ3) is 2.92. The lowest BCUT2D eigenvalue weighted by molar-refractivity contribution is -0.899. The number of hydrogen-bond acceptors (Lipinski definition) is 1. The minimum absolute atomic E-state index is 0.282. The van der Waals surface area contributed by atoms with Gasteiger partial charge in [0, 0.05) is 11.7 Å². The Morgan fingerprint density at radius 1 is 1.17 bits per heavy atom. The summed E-state index contributed by atoms with van der Waals surface area (Å²) >= 11 is 0. The summed E-state index contributed by atoms with van der Waals surface area (Å²) in [5.41, 5.74) is 1.20. The van der Waals surface area contributed by atoms with Crippen molar-refractivity contribution in [2.24, 2.45) is 0 Å². The molecule has 0 saturated carbocycles. The van der Waals surface area contributed by atoms with Gasteiger partial charge in [-0.3, -0.25) is 0 Å². The lowest BCUT2D eigenvalue weighted by Crippen LogP contribution is -3.12. The van der Waals surface area contributed by atoms with Crippen molar-refractivity contribution in [3.63, 3.8) is 0 Å². The number of aliphatic hydroxyl groups excluding tert-OH is 1. The summed E-state index contributed by atoms with van der Waals surface area (Å²) in [7, 11) is 0. The first-order valence-corrected chi connectivity index (χ1v) is 6.80. The zero-order chi connectivity index (χ0) is 13.0. The van der Waals surface area contributed by atoms with Gasteiger partial charge in [-0.15, -0.1) is 0 Å². The average molecular weight is 247 g/mol. The molecule has 1 atom stereocenters. The molecular formula is C15H23N2O+. The average Bonchev–Trinajstić information content (AvgIpc) is 2.79. The van der Waals surface area contributed by atoms with Crippen LogP contribution in [-0.4, -0.2) is 35.4 Å². The first-order chi connectivity index (χ1) is 8.74. The van der Waals surface area contributed by atoms with E-state index in [4.69, 9.17) is 0 Å². The van der Waals surface area contributed by atoms with Crippen LogP contribution in [0.3, 0.4) is 0 Å². The van der Waals surface area contributed by atoms with E-state index >= 15 is 0 Å². The minimum Gasteiger partial charge on any atom is -0.385 e. The van der Waals surface area contributed by atoms with Gasteiger partial charge in [-0.1, -0.05) is 18.2 Å². The Kier molecular flexibility index (Phi) is 4.39. The maximum absolute atomic E-state index is 10.2. The number of likely N-dealkylation sites (N-methyl/N-ethyl adjacent to an activating group) is 1. The normalized spacial score (nSPS) is 13.3. The molecule has 3 heteroatoms. The van der Waals surface area contributed by atoms with Crippen LogP contribution < -0.4 is 4.90 Å². The highest BCUT2D eigenvalue weighted by molar-refractivity contribution is 5.79. The Bertz CT molecular complexity index is 488. The Morgan fingerprint density at radius 3 is 2.61 bits per heavy atom. The molecule has 0 amide bonds. The van der Waals surface area contributed by atoms with Crippen LogP contribution in [0.25, 0.3) is 10.9 Å². The Balaban J connectivity index is 2.04. The molecule has 2 N–H and O–H groups in total. The largest absolute Gasteiger partial charge is 0.385 e. The molecule has 0 bridgehead atoms. The number of aromatic nitrogens is 1. The van der Waals surface area contributed by atoms with Crippen LogP contribution in [0.1, 0.15) is 13.8 Å². The number of quaternary nitrogens is 1. The molecule has 18 heavy (non-hydrogen) atoms. The maximum Gasteiger partial charge on any atom is 0.121 e. The molecule has 1 heterocycles. The molecule has 1 aromatic carbocycles. The summed E-state index contributed by atoms with van der Waals surface area (Å²) in [6.07, 6.45) is 1.78. The first kappa shape index (κ1) is 13.1. The molecule has 2 aromatic rings. The van der Waals surface area contributed by atoms with Crippen LogP contribution in [0.5, 0.6) is 0 Å². The predicted octanol–water partition coefficient (Wildman–Crippen LogP) is 0.927. The quantitative estimate of drug-likeness (QED) is 0.781. The van der Waals surface area contributed by atoms with Gasteiger partial charge in [0.1, 0.15) is 12.6 Å². The Morgan fingerprint density at radius 2 is 1.89 bits per heavy atom. The summed E-state index contributed by atoms with van der Waals surface area (Å²) in [5, 5.41) is 11.4. The maximum atomic E-state index is 10.2. The van der Waals surface area contributed by atoms with Gasteiger partial charge in [0.05, 0.1) is 19.6 Å². The monoisotopic (exact) mass is 247 g/mol. The van der Waals surface area contributed by atoms with Gasteiger partial charge in [-0.25, -0.2) is 0 Å². The molecule has 98 valence electrons. The molecule has 1 aromatic heterocycles. The Hall–Kier alpha value is -1.32. The van der Waals surface area contributed by atoms with E-state index in [1.54, 1.807) is 0 Å². The lowest BCUT2D eigenvalue weighted by atomic mass is 10.2. The second-order valence-corrected chi connectivity index (χ2v) is 4.84. The molecule has 0 radical (unpaired) electrons. The van der Waals surface area contributed by atoms with E-state index in [9.17, 15) is 5.11 Å². The van der Waals surface area contributed by atoms with Crippen molar-refractivity contribution in [2.45, 2.75) is 26.5 Å². The third-order valence-electron chi connectivity index (χ3n) is 3.61. The molecule has 0 aliphatic rings. The SMILES string of the molecule is CC[NH+](CC)C[C@@H](O)Cn1ccc2ccccc21. The van der Waals surface area contributed by atoms with Gasteiger partial charge < -0.3 is 14.6 Å². The van der Waals surface area contributed by atoms with E-state index < -0.39 is 0 Å². The topological polar surface area (TPSA) is 29.6 Å². The summed E-state index contributed by atoms with van der Waals surface area (Å²) in [5.74, 6) is 0. The van der Waals surface area contributed by atoms with Gasteiger partial charge in [0.25, 0.3) is 0 Å². The van der Waals surface area contributed by atoms with E-state index in [1.165, 1.54) is 15.8 Å². The molecular weight excluding hydrogens is 224 g/mol. The van der Waals surface area contributed by atoms with E-state index in [0.717, 1.165) is 19.6 Å². The standard InChI is InChI=1S/C15H22N2O/c1-3-16(4-2)11-14(18)12-17-10-9-13-7-5-6-8-15(13)17/h5-10,14,18H,3-4,11-12H2,1-2H3/p+1/t14-/m1/s1. The van der Waals surface area contributed by atoms with E-state index in [-0.39, 0.29) is 6.10 Å². The highest BCUT2D eigenvalue weighted by Crippen LogP contribution is 2.15. The summed E-state index contributed by atoms with van der Waals surface area (Å²) in [4.78, 5) is 1.44. The molecule has 0 spiro atoms. The fraction of sp³-hybridized carbons (Fsp3) is 0.467. The molecule has 2 rings (SSSR count). The summed E-state index contributed by atoms with van der Waals surface area (Å²) in [6.45, 7) is 7.96. The van der Waals surface area contributed by atoms with Crippen molar-refractivity contribution in [2.75, 3.05) is 19.6 Å². The fourth-order valence-electron chi connectivity index (χ4n) is 2.46. The van der Waals surface area contributed by atoms with Crippen LogP contribution in [0.4, 0.5) is 0 Å². The first-order valence-electron chi connectivity index (χ1n) is 6.80. The molecule has 0 aliphatic carbocycles. The fourth-order valence-corrected chi connectivity index (χ4v) is 2.46. The molecule has 0 fully saturated rings. The van der Waals surface area contributed by atoms with E-state index in [2.05, 4.69) is 42.8 Å². The van der Waals surface area contributed by atoms with Crippen molar-refractivity contribution in [3.8, 4) is 0 Å². The highest BCUT2D eigenvalue weighted by atomic mass is 16.3. The van der Waals surface area contributed by atoms with E-state index in [0.29, 0.717) is 6.54 Å². The van der Waals surface area contributed by atoms with Crippen molar-refractivity contribution < 1.29 is 10.0 Å². The minimum atomic E-state index is -0.282.